The number of nitrogens with zero attached hydrogens (tertiary/aromatic N) is 3. The summed E-state index contributed by atoms with van der Waals surface area (Å²) in [6, 6.07) is 13.2. The van der Waals surface area contributed by atoms with Gasteiger partial charge in [-0.25, -0.2) is 9.97 Å². The van der Waals surface area contributed by atoms with Crippen LogP contribution in [0.4, 0.5) is 5.69 Å². The Hall–Kier alpha value is -3.98. The number of rotatable bonds is 7. The molecule has 37 heavy (non-hydrogen) atoms. The number of hydrogen-bond donors (Lipinski definition) is 1. The molecule has 0 atom stereocenters. The third kappa shape index (κ3) is 5.89. The van der Waals surface area contributed by atoms with E-state index in [4.69, 9.17) is 9.15 Å². The number of carbonyl (C=O) groups excluding carboxylic acids is 2. The van der Waals surface area contributed by atoms with E-state index in [1.807, 2.05) is 61.2 Å². The van der Waals surface area contributed by atoms with Gasteiger partial charge in [0.15, 0.2) is 18.8 Å². The summed E-state index contributed by atoms with van der Waals surface area (Å²) in [7, 11) is 0. The summed E-state index contributed by atoms with van der Waals surface area (Å²) in [4.78, 5) is 35.9. The van der Waals surface area contributed by atoms with E-state index in [0.29, 0.717) is 36.0 Å². The standard InChI is InChI=1S/C28H28N4O4S/c1-18-6-7-23(12-19(18)2)35-15-26(33)32-10-8-20(9-11-32)28-31-24(16-37-28)27(34)30-22-5-3-4-21(13-22)25-14-29-17-36-25/h3-7,12-14,16-17,20H,8-11,15H2,1-2H3,(H,30,34). The number of aromatic nitrogens is 2. The van der Waals surface area contributed by atoms with Gasteiger partial charge >= 0.3 is 0 Å². The second kappa shape index (κ2) is 11.0. The molecule has 190 valence electrons. The van der Waals surface area contributed by atoms with Gasteiger partial charge in [0.05, 0.1) is 11.2 Å². The Balaban J connectivity index is 1.12. The van der Waals surface area contributed by atoms with Crippen molar-refractivity contribution in [2.75, 3.05) is 25.0 Å². The number of oxazole rings is 1. The van der Waals surface area contributed by atoms with E-state index in [9.17, 15) is 9.59 Å². The summed E-state index contributed by atoms with van der Waals surface area (Å²) in [5.41, 5.74) is 4.21. The van der Waals surface area contributed by atoms with Crippen LogP contribution in [-0.4, -0.2) is 46.4 Å². The zero-order valence-corrected chi connectivity index (χ0v) is 21.6. The summed E-state index contributed by atoms with van der Waals surface area (Å²) in [6.07, 6.45) is 4.62. The number of piperidine rings is 1. The van der Waals surface area contributed by atoms with Crippen molar-refractivity contribution < 1.29 is 18.7 Å². The van der Waals surface area contributed by atoms with Gasteiger partial charge in [-0.3, -0.25) is 9.59 Å². The largest absolute Gasteiger partial charge is 0.484 e. The molecule has 0 aliphatic carbocycles. The summed E-state index contributed by atoms with van der Waals surface area (Å²) in [5.74, 6) is 1.31. The minimum absolute atomic E-state index is 0.0107. The number of hydrogen-bond acceptors (Lipinski definition) is 7. The highest BCUT2D eigenvalue weighted by atomic mass is 32.1. The van der Waals surface area contributed by atoms with Gasteiger partial charge in [0.2, 0.25) is 0 Å². The van der Waals surface area contributed by atoms with Crippen LogP contribution < -0.4 is 10.1 Å². The van der Waals surface area contributed by atoms with E-state index in [-0.39, 0.29) is 24.3 Å². The molecular formula is C28H28N4O4S. The average molecular weight is 517 g/mol. The van der Waals surface area contributed by atoms with Crippen LogP contribution in [0.2, 0.25) is 0 Å². The van der Waals surface area contributed by atoms with E-state index in [1.165, 1.54) is 23.3 Å². The van der Waals surface area contributed by atoms with Gasteiger partial charge < -0.3 is 19.4 Å². The summed E-state index contributed by atoms with van der Waals surface area (Å²) < 4.78 is 11.1. The molecule has 0 spiro atoms. The first-order valence-corrected chi connectivity index (χ1v) is 13.1. The quantitative estimate of drug-likeness (QED) is 0.351. The van der Waals surface area contributed by atoms with Gasteiger partial charge in [0, 0.05) is 35.6 Å². The lowest BCUT2D eigenvalue weighted by molar-refractivity contribution is -0.134. The van der Waals surface area contributed by atoms with Crippen LogP contribution in [0.1, 0.15) is 45.4 Å². The molecule has 2 amide bonds. The summed E-state index contributed by atoms with van der Waals surface area (Å²) in [5, 5.41) is 5.63. The van der Waals surface area contributed by atoms with Crippen molar-refractivity contribution in [2.24, 2.45) is 0 Å². The lowest BCUT2D eigenvalue weighted by Gasteiger charge is -2.31. The number of ether oxygens (including phenoxy) is 1. The van der Waals surface area contributed by atoms with Crippen molar-refractivity contribution in [3.05, 3.63) is 82.3 Å². The average Bonchev–Trinajstić information content (AvgIpc) is 3.63. The minimum atomic E-state index is -0.256. The van der Waals surface area contributed by atoms with Crippen LogP contribution in [0.25, 0.3) is 11.3 Å². The highest BCUT2D eigenvalue weighted by Crippen LogP contribution is 2.31. The fourth-order valence-corrected chi connectivity index (χ4v) is 5.27. The number of anilines is 1. The predicted octanol–water partition coefficient (Wildman–Crippen LogP) is 5.45. The molecule has 1 fully saturated rings. The molecule has 9 heteroatoms. The second-order valence-corrected chi connectivity index (χ2v) is 10.1. The molecule has 4 aromatic rings. The number of benzene rings is 2. The van der Waals surface area contributed by atoms with Gasteiger partial charge in [-0.1, -0.05) is 18.2 Å². The maximum Gasteiger partial charge on any atom is 0.275 e. The van der Waals surface area contributed by atoms with Gasteiger partial charge in [-0.05, 0) is 62.1 Å². The van der Waals surface area contributed by atoms with Crippen molar-refractivity contribution in [1.82, 2.24) is 14.9 Å². The molecule has 3 heterocycles. The summed E-state index contributed by atoms with van der Waals surface area (Å²) >= 11 is 1.49. The van der Waals surface area contributed by atoms with Crippen molar-refractivity contribution in [1.29, 1.82) is 0 Å². The molecule has 8 nitrogen and oxygen atoms in total. The van der Waals surface area contributed by atoms with E-state index in [1.54, 1.807) is 11.6 Å². The minimum Gasteiger partial charge on any atom is -0.484 e. The number of likely N-dealkylation sites (tertiary alicyclic amines) is 1. The molecule has 0 unspecified atom stereocenters. The topological polar surface area (TPSA) is 97.6 Å². The SMILES string of the molecule is Cc1ccc(OCC(=O)N2CCC(c3nc(C(=O)Nc4cccc(-c5cnco5)c4)cs3)CC2)cc1C. The Kier molecular flexibility index (Phi) is 7.32. The van der Waals surface area contributed by atoms with Gasteiger partial charge in [0.1, 0.15) is 11.4 Å². The molecule has 0 saturated carbocycles. The van der Waals surface area contributed by atoms with E-state index < -0.39 is 0 Å². The zero-order chi connectivity index (χ0) is 25.8. The Morgan fingerprint density at radius 1 is 1.14 bits per heavy atom. The molecule has 2 aromatic heterocycles. The van der Waals surface area contributed by atoms with Crippen molar-refractivity contribution in [3.63, 3.8) is 0 Å². The third-order valence-corrected chi connectivity index (χ3v) is 7.64. The molecule has 1 aliphatic heterocycles. The Morgan fingerprint density at radius 3 is 2.73 bits per heavy atom. The maximum absolute atomic E-state index is 12.8. The van der Waals surface area contributed by atoms with E-state index in [2.05, 4.69) is 15.3 Å². The number of thiazole rings is 1. The van der Waals surface area contributed by atoms with Crippen molar-refractivity contribution in [2.45, 2.75) is 32.6 Å². The molecule has 1 N–H and O–H groups in total. The molecular weight excluding hydrogens is 488 g/mol. The normalized spacial score (nSPS) is 13.9. The Bertz CT molecular complexity index is 1390. The van der Waals surface area contributed by atoms with Crippen LogP contribution in [0, 0.1) is 13.8 Å². The highest BCUT2D eigenvalue weighted by Gasteiger charge is 2.26. The maximum atomic E-state index is 12.8. The monoisotopic (exact) mass is 516 g/mol. The highest BCUT2D eigenvalue weighted by molar-refractivity contribution is 7.10. The lowest BCUT2D eigenvalue weighted by Crippen LogP contribution is -2.40. The van der Waals surface area contributed by atoms with E-state index >= 15 is 0 Å². The first-order chi connectivity index (χ1) is 18.0. The first kappa shape index (κ1) is 24.7. The van der Waals surface area contributed by atoms with Crippen LogP contribution in [-0.2, 0) is 4.79 Å². The van der Waals surface area contributed by atoms with Gasteiger partial charge in [0.25, 0.3) is 11.8 Å². The fourth-order valence-electron chi connectivity index (χ4n) is 4.30. The second-order valence-electron chi connectivity index (χ2n) is 9.16. The third-order valence-electron chi connectivity index (χ3n) is 6.63. The van der Waals surface area contributed by atoms with Crippen molar-refractivity contribution in [3.8, 4) is 17.1 Å². The molecule has 5 rings (SSSR count). The first-order valence-electron chi connectivity index (χ1n) is 12.2. The predicted molar refractivity (Wildman–Crippen MR) is 142 cm³/mol. The smallest absolute Gasteiger partial charge is 0.275 e. The van der Waals surface area contributed by atoms with E-state index in [0.717, 1.165) is 29.0 Å². The number of amides is 2. The Morgan fingerprint density at radius 2 is 1.97 bits per heavy atom. The van der Waals surface area contributed by atoms with Gasteiger partial charge in [-0.2, -0.15) is 0 Å². The summed E-state index contributed by atoms with van der Waals surface area (Å²) in [6.45, 7) is 5.41. The molecule has 2 aromatic carbocycles. The number of nitrogens with one attached hydrogen (secondary N) is 1. The Labute approximate surface area is 219 Å². The van der Waals surface area contributed by atoms with Crippen LogP contribution in [0.5, 0.6) is 5.75 Å². The number of carbonyl (C=O) groups is 2. The molecule has 1 saturated heterocycles. The van der Waals surface area contributed by atoms with Crippen molar-refractivity contribution >= 4 is 28.8 Å². The molecule has 0 radical (unpaired) electrons. The fraction of sp³-hybridized carbons (Fsp3) is 0.286. The molecule has 1 aliphatic rings. The lowest BCUT2D eigenvalue weighted by atomic mass is 9.97. The zero-order valence-electron chi connectivity index (χ0n) is 20.8. The molecule has 0 bridgehead atoms. The number of aryl methyl sites for hydroxylation is 2. The van der Waals surface area contributed by atoms with Crippen LogP contribution >= 0.6 is 11.3 Å². The van der Waals surface area contributed by atoms with Crippen LogP contribution in [0.3, 0.4) is 0 Å². The van der Waals surface area contributed by atoms with Gasteiger partial charge in [-0.15, -0.1) is 11.3 Å². The van der Waals surface area contributed by atoms with Crippen LogP contribution in [0.15, 0.2) is 64.9 Å².